The quantitative estimate of drug-likeness (QED) is 0.734. The third-order valence-electron chi connectivity index (χ3n) is 4.37. The molecule has 2 nitrogen and oxygen atoms in total. The minimum atomic E-state index is -2.11. The van der Waals surface area contributed by atoms with Gasteiger partial charge in [-0.3, -0.25) is 4.79 Å². The molecule has 0 bridgehead atoms. The summed E-state index contributed by atoms with van der Waals surface area (Å²) in [5.41, 5.74) is 4.26. The monoisotopic (exact) mass is 279 g/mol. The zero-order chi connectivity index (χ0) is 15.2. The fraction of sp³-hybridized carbons (Fsp3) is 0.688. The van der Waals surface area contributed by atoms with Gasteiger partial charge in [-0.2, -0.15) is 0 Å². The molecule has 0 aliphatic heterocycles. The van der Waals surface area contributed by atoms with Crippen molar-refractivity contribution in [3.63, 3.8) is 0 Å². The lowest BCUT2D eigenvalue weighted by Gasteiger charge is -2.32. The van der Waals surface area contributed by atoms with E-state index in [1.165, 1.54) is 21.9 Å². The van der Waals surface area contributed by atoms with Crippen molar-refractivity contribution in [2.45, 2.75) is 67.1 Å². The van der Waals surface area contributed by atoms with Gasteiger partial charge in [-0.25, -0.2) is 0 Å². The van der Waals surface area contributed by atoms with Crippen molar-refractivity contribution < 1.29 is 4.79 Å². The Labute approximate surface area is 119 Å². The van der Waals surface area contributed by atoms with E-state index in [1.807, 2.05) is 20.8 Å². The van der Waals surface area contributed by atoms with E-state index in [2.05, 4.69) is 46.1 Å². The molecule has 1 aliphatic rings. The first kappa shape index (κ1) is 16.2. The molecule has 1 aliphatic carbocycles. The highest BCUT2D eigenvalue weighted by Gasteiger charge is 2.42. The van der Waals surface area contributed by atoms with E-state index < -0.39 is 8.07 Å². The average Bonchev–Trinajstić information content (AvgIpc) is 2.41. The molecule has 0 saturated carbocycles. The molecular formula is C16H29NOSi. The van der Waals surface area contributed by atoms with Crippen LogP contribution in [0.5, 0.6) is 0 Å². The Bertz CT molecular complexity index is 464. The maximum absolute atomic E-state index is 12.7. The fourth-order valence-electron chi connectivity index (χ4n) is 2.99. The standard InChI is InChI=1S/C16H29NOSi/c1-10-11(2)13(4)14(12(10)3)19(8,9)15(18)17-16(5,6)7/h12H,1-9H3,(H,17,18). The third kappa shape index (κ3) is 3.02. The van der Waals surface area contributed by atoms with Crippen LogP contribution in [0.25, 0.3) is 0 Å². The molecular weight excluding hydrogens is 250 g/mol. The van der Waals surface area contributed by atoms with Gasteiger partial charge in [0.05, 0.1) is 0 Å². The summed E-state index contributed by atoms with van der Waals surface area (Å²) in [7, 11) is -2.11. The molecule has 0 aromatic carbocycles. The molecule has 3 heteroatoms. The number of amides is 1. The van der Waals surface area contributed by atoms with Crippen LogP contribution in [0.2, 0.25) is 13.1 Å². The maximum Gasteiger partial charge on any atom is 0.197 e. The maximum atomic E-state index is 12.7. The van der Waals surface area contributed by atoms with Gasteiger partial charge < -0.3 is 5.32 Å². The van der Waals surface area contributed by atoms with Crippen LogP contribution in [0.1, 0.15) is 48.5 Å². The van der Waals surface area contributed by atoms with Crippen molar-refractivity contribution in [1.29, 1.82) is 0 Å². The summed E-state index contributed by atoms with van der Waals surface area (Å²) in [6, 6.07) is 0. The van der Waals surface area contributed by atoms with Gasteiger partial charge in [0.1, 0.15) is 0 Å². The van der Waals surface area contributed by atoms with E-state index >= 15 is 0 Å². The van der Waals surface area contributed by atoms with Crippen molar-refractivity contribution >= 4 is 13.6 Å². The lowest BCUT2D eigenvalue weighted by Crippen LogP contribution is -2.54. The van der Waals surface area contributed by atoms with Crippen molar-refractivity contribution in [3.8, 4) is 0 Å². The SMILES string of the molecule is CC1=C(C)C(C)C([Si](C)(C)C(=O)NC(C)(C)C)=C1C. The summed E-state index contributed by atoms with van der Waals surface area (Å²) >= 11 is 0. The predicted molar refractivity (Wildman–Crippen MR) is 86.0 cm³/mol. The molecule has 0 aromatic rings. The Kier molecular flexibility index (Phi) is 4.21. The lowest BCUT2D eigenvalue weighted by atomic mass is 10.1. The first-order valence-electron chi connectivity index (χ1n) is 7.11. The Balaban J connectivity index is 3.13. The molecule has 19 heavy (non-hydrogen) atoms. The van der Waals surface area contributed by atoms with Gasteiger partial charge in [-0.1, -0.05) is 36.4 Å². The third-order valence-corrected chi connectivity index (χ3v) is 7.79. The molecule has 0 aromatic heterocycles. The van der Waals surface area contributed by atoms with Gasteiger partial charge in [-0.05, 0) is 53.0 Å². The van der Waals surface area contributed by atoms with Crippen molar-refractivity contribution in [3.05, 3.63) is 21.9 Å². The smallest absolute Gasteiger partial charge is 0.197 e. The molecule has 1 amide bonds. The Hall–Kier alpha value is -0.833. The second kappa shape index (κ2) is 4.93. The van der Waals surface area contributed by atoms with Crippen molar-refractivity contribution in [1.82, 2.24) is 5.32 Å². The number of carbonyl (C=O) groups is 1. The highest BCUT2D eigenvalue weighted by atomic mass is 28.3. The molecule has 1 rings (SSSR count). The predicted octanol–water partition coefficient (Wildman–Crippen LogP) is 4.63. The largest absolute Gasteiger partial charge is 0.356 e. The summed E-state index contributed by atoms with van der Waals surface area (Å²) in [5, 5.41) is 4.58. The highest BCUT2D eigenvalue weighted by molar-refractivity contribution is 7.09. The summed E-state index contributed by atoms with van der Waals surface area (Å²) in [6.45, 7) is 19.3. The molecule has 0 heterocycles. The minimum absolute atomic E-state index is 0.158. The molecule has 108 valence electrons. The first-order chi connectivity index (χ1) is 8.39. The van der Waals surface area contributed by atoms with E-state index in [0.717, 1.165) is 0 Å². The van der Waals surface area contributed by atoms with Crippen LogP contribution in [0.15, 0.2) is 21.9 Å². The number of rotatable bonds is 2. The van der Waals surface area contributed by atoms with Gasteiger partial charge in [0.2, 0.25) is 0 Å². The lowest BCUT2D eigenvalue weighted by molar-refractivity contribution is 0.250. The normalized spacial score (nSPS) is 21.2. The second-order valence-corrected chi connectivity index (χ2v) is 11.6. The number of carbonyl (C=O) groups excluding carboxylic acids is 1. The van der Waals surface area contributed by atoms with Gasteiger partial charge in [-0.15, -0.1) is 0 Å². The van der Waals surface area contributed by atoms with E-state index in [1.54, 1.807) is 0 Å². The van der Waals surface area contributed by atoms with Crippen LogP contribution < -0.4 is 5.32 Å². The van der Waals surface area contributed by atoms with Crippen LogP contribution in [0, 0.1) is 5.92 Å². The zero-order valence-corrected chi connectivity index (χ0v) is 15.0. The fourth-order valence-corrected chi connectivity index (χ4v) is 6.35. The Morgan fingerprint density at radius 3 is 1.89 bits per heavy atom. The zero-order valence-electron chi connectivity index (χ0n) is 14.0. The van der Waals surface area contributed by atoms with E-state index in [0.29, 0.717) is 5.92 Å². The van der Waals surface area contributed by atoms with Crippen LogP contribution in [0.4, 0.5) is 4.79 Å². The van der Waals surface area contributed by atoms with Crippen LogP contribution in [-0.4, -0.2) is 19.1 Å². The van der Waals surface area contributed by atoms with Gasteiger partial charge >= 0.3 is 0 Å². The number of hydrogen-bond acceptors (Lipinski definition) is 1. The number of nitrogens with one attached hydrogen (secondary N) is 1. The molecule has 1 unspecified atom stereocenters. The van der Waals surface area contributed by atoms with E-state index in [4.69, 9.17) is 0 Å². The highest BCUT2D eigenvalue weighted by Crippen LogP contribution is 2.41. The second-order valence-electron chi connectivity index (χ2n) is 7.40. The van der Waals surface area contributed by atoms with Gasteiger partial charge in [0.25, 0.3) is 0 Å². The summed E-state index contributed by atoms with van der Waals surface area (Å²) in [6.07, 6.45) is 0. The van der Waals surface area contributed by atoms with Crippen molar-refractivity contribution in [2.24, 2.45) is 5.92 Å². The van der Waals surface area contributed by atoms with Crippen LogP contribution in [0.3, 0.4) is 0 Å². The first-order valence-corrected chi connectivity index (χ1v) is 10.1. The topological polar surface area (TPSA) is 29.1 Å². The Morgan fingerprint density at radius 1 is 1.11 bits per heavy atom. The Morgan fingerprint density at radius 2 is 1.58 bits per heavy atom. The summed E-state index contributed by atoms with van der Waals surface area (Å²) in [5.74, 6) is 0.424. The van der Waals surface area contributed by atoms with Crippen LogP contribution >= 0.6 is 0 Å². The molecule has 0 radical (unpaired) electrons. The summed E-state index contributed by atoms with van der Waals surface area (Å²) in [4.78, 5) is 12.7. The molecule has 0 saturated heterocycles. The number of hydrogen-bond donors (Lipinski definition) is 1. The van der Waals surface area contributed by atoms with Crippen molar-refractivity contribution in [2.75, 3.05) is 0 Å². The minimum Gasteiger partial charge on any atom is -0.356 e. The number of allylic oxidation sites excluding steroid dienone is 4. The van der Waals surface area contributed by atoms with Crippen LogP contribution in [-0.2, 0) is 0 Å². The van der Waals surface area contributed by atoms with E-state index in [-0.39, 0.29) is 11.1 Å². The van der Waals surface area contributed by atoms with Gasteiger partial charge in [0, 0.05) is 5.54 Å². The molecule has 0 fully saturated rings. The van der Waals surface area contributed by atoms with E-state index in [9.17, 15) is 4.79 Å². The average molecular weight is 280 g/mol. The van der Waals surface area contributed by atoms with Gasteiger partial charge in [0.15, 0.2) is 13.6 Å². The summed E-state index contributed by atoms with van der Waals surface area (Å²) < 4.78 is 0. The molecule has 1 atom stereocenters. The molecule has 1 N–H and O–H groups in total. The molecule has 0 spiro atoms.